The van der Waals surface area contributed by atoms with Gasteiger partial charge < -0.3 is 26.2 Å². The van der Waals surface area contributed by atoms with Crippen molar-refractivity contribution in [3.8, 4) is 0 Å². The number of likely N-dealkylation sites (N-methyl/N-ethyl adjacent to an activating group) is 1. The van der Waals surface area contributed by atoms with E-state index in [0.29, 0.717) is 26.1 Å². The molecule has 0 aliphatic carbocycles. The third-order valence-electron chi connectivity index (χ3n) is 5.67. The molecule has 0 spiro atoms. The molecule has 2 atom stereocenters. The first-order chi connectivity index (χ1) is 16.2. The number of nitrogens with one attached hydrogen (secondary N) is 4. The molecule has 0 bridgehead atoms. The number of hydrogen-bond donors (Lipinski definition) is 4. The summed E-state index contributed by atoms with van der Waals surface area (Å²) < 4.78 is 0. The number of rotatable bonds is 8. The zero-order chi connectivity index (χ0) is 25.4. The molecule has 10 nitrogen and oxygen atoms in total. The Bertz CT molecular complexity index is 948. The fourth-order valence-corrected chi connectivity index (χ4v) is 3.99. The van der Waals surface area contributed by atoms with E-state index in [1.54, 1.807) is 0 Å². The first-order valence-corrected chi connectivity index (χ1v) is 11.7. The lowest BCUT2D eigenvalue weighted by Crippen LogP contribution is -2.50. The highest BCUT2D eigenvalue weighted by Gasteiger charge is 2.35. The van der Waals surface area contributed by atoms with Crippen LogP contribution in [0.1, 0.15) is 37.0 Å². The topological polar surface area (TPSA) is 137 Å². The smallest absolute Gasteiger partial charge is 0.289 e. The maximum absolute atomic E-state index is 13.1. The molecule has 186 valence electrons. The summed E-state index contributed by atoms with van der Waals surface area (Å²) in [4.78, 5) is 64.0. The third kappa shape index (κ3) is 6.77. The molecule has 2 aliphatic heterocycles. The van der Waals surface area contributed by atoms with Gasteiger partial charge in [-0.25, -0.2) is 0 Å². The van der Waals surface area contributed by atoms with Crippen molar-refractivity contribution in [3.63, 3.8) is 0 Å². The van der Waals surface area contributed by atoms with Crippen LogP contribution in [0.5, 0.6) is 0 Å². The molecule has 2 saturated heterocycles. The van der Waals surface area contributed by atoms with Crippen LogP contribution in [-0.4, -0.2) is 74.1 Å². The highest BCUT2D eigenvalue weighted by molar-refractivity contribution is 6.38. The summed E-state index contributed by atoms with van der Waals surface area (Å²) in [5.41, 5.74) is 0.306. The van der Waals surface area contributed by atoms with Gasteiger partial charge in [-0.2, -0.15) is 0 Å². The SMILES string of the molecule is CC.CNC(=O)C(=O)C(CC1CCNC1=O)NC(=O)c1cc(Cl)ccc1NC(=O)C1CN(C)C1. The Balaban J connectivity index is 0.00000199. The van der Waals surface area contributed by atoms with Gasteiger partial charge in [0.1, 0.15) is 0 Å². The Hall–Kier alpha value is -2.98. The lowest BCUT2D eigenvalue weighted by Gasteiger charge is -2.35. The van der Waals surface area contributed by atoms with Crippen molar-refractivity contribution in [2.75, 3.05) is 39.0 Å². The van der Waals surface area contributed by atoms with Gasteiger partial charge in [-0.15, -0.1) is 0 Å². The minimum Gasteiger partial charge on any atom is -0.356 e. The fourth-order valence-electron chi connectivity index (χ4n) is 3.82. The maximum Gasteiger partial charge on any atom is 0.289 e. The summed E-state index contributed by atoms with van der Waals surface area (Å²) in [6.07, 6.45) is 0.487. The van der Waals surface area contributed by atoms with Gasteiger partial charge in [-0.3, -0.25) is 24.0 Å². The molecule has 0 saturated carbocycles. The Labute approximate surface area is 204 Å². The average Bonchev–Trinajstić information content (AvgIpc) is 3.21. The second kappa shape index (κ2) is 12.5. The van der Waals surface area contributed by atoms with Crippen molar-refractivity contribution < 1.29 is 24.0 Å². The van der Waals surface area contributed by atoms with E-state index < -0.39 is 29.6 Å². The second-order valence-corrected chi connectivity index (χ2v) is 8.52. The predicted molar refractivity (Wildman–Crippen MR) is 128 cm³/mol. The minimum atomic E-state index is -1.21. The second-order valence-electron chi connectivity index (χ2n) is 8.08. The van der Waals surface area contributed by atoms with Crippen LogP contribution in [-0.2, 0) is 19.2 Å². The minimum absolute atomic E-state index is 0.0134. The van der Waals surface area contributed by atoms with Crippen LogP contribution in [0.15, 0.2) is 18.2 Å². The molecule has 11 heteroatoms. The van der Waals surface area contributed by atoms with Gasteiger partial charge in [0.25, 0.3) is 11.8 Å². The number of carbonyl (C=O) groups excluding carboxylic acids is 5. The van der Waals surface area contributed by atoms with E-state index in [4.69, 9.17) is 11.6 Å². The Morgan fingerprint density at radius 2 is 1.88 bits per heavy atom. The lowest BCUT2D eigenvalue weighted by molar-refractivity contribution is -0.139. The number of benzene rings is 1. The molecule has 2 fully saturated rings. The zero-order valence-corrected chi connectivity index (χ0v) is 20.6. The molecule has 2 unspecified atom stereocenters. The molecule has 2 heterocycles. The van der Waals surface area contributed by atoms with Crippen LogP contribution in [0.4, 0.5) is 5.69 Å². The van der Waals surface area contributed by atoms with Crippen molar-refractivity contribution in [2.24, 2.45) is 11.8 Å². The van der Waals surface area contributed by atoms with Gasteiger partial charge in [-0.1, -0.05) is 25.4 Å². The van der Waals surface area contributed by atoms with E-state index in [-0.39, 0.29) is 40.4 Å². The maximum atomic E-state index is 13.1. The molecular weight excluding hydrogens is 462 g/mol. The lowest BCUT2D eigenvalue weighted by atomic mass is 9.95. The largest absolute Gasteiger partial charge is 0.356 e. The number of anilines is 1. The monoisotopic (exact) mass is 493 g/mol. The number of halogens is 1. The molecular formula is C23H32ClN5O5. The summed E-state index contributed by atoms with van der Waals surface area (Å²) in [6.45, 7) is 5.71. The van der Waals surface area contributed by atoms with Crippen molar-refractivity contribution >= 4 is 46.7 Å². The number of likely N-dealkylation sites (tertiary alicyclic amines) is 1. The van der Waals surface area contributed by atoms with E-state index in [9.17, 15) is 24.0 Å². The van der Waals surface area contributed by atoms with Gasteiger partial charge in [-0.05, 0) is 38.1 Å². The molecule has 0 aromatic heterocycles. The standard InChI is InChI=1S/C21H26ClN5O5.C2H6/c1-23-21(32)17(28)16(7-11-5-6-24-18(11)29)26-20(31)14-8-13(22)3-4-15(14)25-19(30)12-9-27(2)10-12;1-2/h3-4,8,11-12,16H,5-7,9-10H2,1-2H3,(H,23,32)(H,24,29)(H,25,30)(H,26,31);1-2H3. The van der Waals surface area contributed by atoms with E-state index in [1.807, 2.05) is 25.8 Å². The van der Waals surface area contributed by atoms with Crippen LogP contribution < -0.4 is 21.3 Å². The third-order valence-corrected chi connectivity index (χ3v) is 5.91. The van der Waals surface area contributed by atoms with Gasteiger partial charge >= 0.3 is 0 Å². The molecule has 34 heavy (non-hydrogen) atoms. The van der Waals surface area contributed by atoms with Crippen LogP contribution in [0.3, 0.4) is 0 Å². The number of carbonyl (C=O) groups is 5. The van der Waals surface area contributed by atoms with E-state index in [1.165, 1.54) is 25.2 Å². The summed E-state index contributed by atoms with van der Waals surface area (Å²) in [7, 11) is 3.21. The van der Waals surface area contributed by atoms with Gasteiger partial charge in [0, 0.05) is 37.6 Å². The number of ketones is 1. The first-order valence-electron chi connectivity index (χ1n) is 11.3. The average molecular weight is 494 g/mol. The predicted octanol–water partition coefficient (Wildman–Crippen LogP) is 0.806. The number of nitrogens with zero attached hydrogens (tertiary/aromatic N) is 1. The molecule has 4 amide bonds. The summed E-state index contributed by atoms with van der Waals surface area (Å²) >= 11 is 6.06. The molecule has 1 aromatic carbocycles. The summed E-state index contributed by atoms with van der Waals surface area (Å²) in [5.74, 6) is -3.55. The summed E-state index contributed by atoms with van der Waals surface area (Å²) in [6, 6.07) is 3.22. The van der Waals surface area contributed by atoms with Gasteiger partial charge in [0.05, 0.1) is 23.2 Å². The Morgan fingerprint density at radius 1 is 1.21 bits per heavy atom. The van der Waals surface area contributed by atoms with Crippen molar-refractivity contribution in [1.82, 2.24) is 20.9 Å². The molecule has 0 radical (unpaired) electrons. The van der Waals surface area contributed by atoms with Gasteiger partial charge in [0.15, 0.2) is 0 Å². The van der Waals surface area contributed by atoms with Crippen molar-refractivity contribution in [1.29, 1.82) is 0 Å². The Kier molecular flexibility index (Phi) is 10.0. The Morgan fingerprint density at radius 3 is 2.44 bits per heavy atom. The van der Waals surface area contributed by atoms with E-state index >= 15 is 0 Å². The molecule has 1 aromatic rings. The normalized spacial score (nSPS) is 18.5. The number of amides is 4. The number of Topliss-reactive ketones (excluding diaryl/α,β-unsaturated/α-hetero) is 1. The first kappa shape index (κ1) is 27.3. The fraction of sp³-hybridized carbons (Fsp3) is 0.522. The van der Waals surface area contributed by atoms with Gasteiger partial charge in [0.2, 0.25) is 17.6 Å². The quantitative estimate of drug-likeness (QED) is 0.395. The molecule has 2 aliphatic rings. The molecule has 4 N–H and O–H groups in total. The highest BCUT2D eigenvalue weighted by Crippen LogP contribution is 2.24. The zero-order valence-electron chi connectivity index (χ0n) is 19.9. The highest BCUT2D eigenvalue weighted by atomic mass is 35.5. The van der Waals surface area contributed by atoms with Crippen LogP contribution in [0, 0.1) is 11.8 Å². The van der Waals surface area contributed by atoms with Crippen molar-refractivity contribution in [3.05, 3.63) is 28.8 Å². The van der Waals surface area contributed by atoms with E-state index in [0.717, 1.165) is 0 Å². The number of hydrogen-bond acceptors (Lipinski definition) is 6. The van der Waals surface area contributed by atoms with Crippen molar-refractivity contribution in [2.45, 2.75) is 32.7 Å². The summed E-state index contributed by atoms with van der Waals surface area (Å²) in [5, 5.41) is 10.5. The van der Waals surface area contributed by atoms with Crippen LogP contribution >= 0.6 is 11.6 Å². The van der Waals surface area contributed by atoms with Crippen LogP contribution in [0.2, 0.25) is 5.02 Å². The van der Waals surface area contributed by atoms with Crippen LogP contribution in [0.25, 0.3) is 0 Å². The van der Waals surface area contributed by atoms with E-state index in [2.05, 4.69) is 21.3 Å². The molecule has 3 rings (SSSR count).